The number of nitrogens with one attached hydrogen (secondary N) is 1. The lowest BCUT2D eigenvalue weighted by atomic mass is 10.0. The van der Waals surface area contributed by atoms with Gasteiger partial charge in [0, 0.05) is 6.42 Å². The molecular formula is C50H100N2O6P+. The van der Waals surface area contributed by atoms with Gasteiger partial charge in [-0.25, -0.2) is 4.57 Å². The molecule has 0 aliphatic carbocycles. The average Bonchev–Trinajstić information content (AvgIpc) is 3.19. The van der Waals surface area contributed by atoms with E-state index in [0.717, 1.165) is 44.9 Å². The topological polar surface area (TPSA) is 105 Å². The van der Waals surface area contributed by atoms with Gasteiger partial charge in [0.05, 0.1) is 39.9 Å². The molecule has 0 spiro atoms. The molecule has 0 aromatic heterocycles. The van der Waals surface area contributed by atoms with Gasteiger partial charge in [-0.05, 0) is 44.9 Å². The maximum Gasteiger partial charge on any atom is 0.472 e. The van der Waals surface area contributed by atoms with Crippen molar-refractivity contribution in [2.24, 2.45) is 0 Å². The molecule has 0 saturated carbocycles. The molecule has 9 heteroatoms. The minimum Gasteiger partial charge on any atom is -0.391 e. The van der Waals surface area contributed by atoms with E-state index in [1.54, 1.807) is 0 Å². The van der Waals surface area contributed by atoms with E-state index in [1.165, 1.54) is 167 Å². The summed E-state index contributed by atoms with van der Waals surface area (Å²) in [7, 11) is 1.62. The monoisotopic (exact) mass is 856 g/mol. The molecule has 0 aliphatic rings. The predicted octanol–water partition coefficient (Wildman–Crippen LogP) is 14.5. The van der Waals surface area contributed by atoms with Crippen molar-refractivity contribution in [3.8, 4) is 0 Å². The molecular weight excluding hydrogens is 756 g/mol. The van der Waals surface area contributed by atoms with Gasteiger partial charge in [-0.3, -0.25) is 13.8 Å². The van der Waals surface area contributed by atoms with Crippen LogP contribution in [0, 0.1) is 0 Å². The number of quaternary nitrogens is 1. The molecule has 3 atom stereocenters. The lowest BCUT2D eigenvalue weighted by molar-refractivity contribution is -0.870. The highest BCUT2D eigenvalue weighted by molar-refractivity contribution is 7.47. The van der Waals surface area contributed by atoms with Crippen LogP contribution in [-0.4, -0.2) is 73.4 Å². The Morgan fingerprint density at radius 2 is 0.966 bits per heavy atom. The highest BCUT2D eigenvalue weighted by atomic mass is 31.2. The number of nitrogens with zero attached hydrogens (tertiary/aromatic N) is 1. The number of rotatable bonds is 46. The Balaban J connectivity index is 4.22. The molecule has 0 fully saturated rings. The standard InChI is InChI=1S/C50H99N2O6P/c1-6-8-10-12-14-16-18-20-22-23-24-25-26-27-28-29-30-32-34-36-38-40-42-44-50(54)51-48(47-58-59(55,56)57-46-45-52(3,4)5)49(53)43-41-39-37-35-33-31-21-19-17-15-13-11-9-7-2/h18,20,23-24,48-49,53H,6-17,19,21-22,25-47H2,1-5H3,(H-,51,54,55,56)/p+1/b20-18-,24-23-. The number of likely N-dealkylation sites (N-methyl/N-ethyl adjacent to an activating group) is 1. The number of carbonyl (C=O) groups excluding carboxylic acids is 1. The van der Waals surface area contributed by atoms with Crippen LogP contribution >= 0.6 is 7.82 Å². The molecule has 59 heavy (non-hydrogen) atoms. The third-order valence-electron chi connectivity index (χ3n) is 11.5. The second-order valence-electron chi connectivity index (χ2n) is 18.5. The Labute approximate surface area is 366 Å². The third-order valence-corrected chi connectivity index (χ3v) is 12.4. The Kier molecular flexibility index (Phi) is 41.6. The Hall–Kier alpha value is -1.02. The Morgan fingerprint density at radius 3 is 1.39 bits per heavy atom. The fourth-order valence-electron chi connectivity index (χ4n) is 7.43. The van der Waals surface area contributed by atoms with Crippen LogP contribution in [-0.2, 0) is 18.4 Å². The third kappa shape index (κ3) is 44.8. The lowest BCUT2D eigenvalue weighted by Crippen LogP contribution is -2.46. The first-order valence-corrected chi connectivity index (χ1v) is 26.7. The fraction of sp³-hybridized carbons (Fsp3) is 0.900. The molecule has 0 aromatic carbocycles. The molecule has 3 N–H and O–H groups in total. The summed E-state index contributed by atoms with van der Waals surface area (Å²) in [6, 6.07) is -0.759. The molecule has 0 aliphatic heterocycles. The van der Waals surface area contributed by atoms with Crippen molar-refractivity contribution in [1.82, 2.24) is 5.32 Å². The minimum atomic E-state index is -4.31. The number of aliphatic hydroxyl groups excluding tert-OH is 1. The SMILES string of the molecule is CCCCCCC/C=C\C/C=C\CCCCCCCCCCCCCC(=O)NC(COP(=O)(O)OCC[N+](C)(C)C)C(O)CCCCCCCCCCCCCCCC. The van der Waals surface area contributed by atoms with Crippen molar-refractivity contribution in [2.75, 3.05) is 40.9 Å². The van der Waals surface area contributed by atoms with Crippen molar-refractivity contribution < 1.29 is 32.9 Å². The number of hydrogen-bond donors (Lipinski definition) is 3. The number of amides is 1. The van der Waals surface area contributed by atoms with E-state index in [0.29, 0.717) is 23.9 Å². The number of phosphoric acid groups is 1. The largest absolute Gasteiger partial charge is 0.472 e. The van der Waals surface area contributed by atoms with Crippen LogP contribution in [0.25, 0.3) is 0 Å². The Bertz CT molecular complexity index is 1020. The van der Waals surface area contributed by atoms with Gasteiger partial charge >= 0.3 is 7.82 Å². The molecule has 3 unspecified atom stereocenters. The summed E-state index contributed by atoms with van der Waals surface area (Å²) in [5, 5.41) is 14.0. The molecule has 0 radical (unpaired) electrons. The van der Waals surface area contributed by atoms with Crippen molar-refractivity contribution in [3.05, 3.63) is 24.3 Å². The number of phosphoric ester groups is 1. The summed E-state index contributed by atoms with van der Waals surface area (Å²) in [5.41, 5.74) is 0. The van der Waals surface area contributed by atoms with Gasteiger partial charge in [0.15, 0.2) is 0 Å². The van der Waals surface area contributed by atoms with E-state index < -0.39 is 20.0 Å². The van der Waals surface area contributed by atoms with Crippen LogP contribution in [0.3, 0.4) is 0 Å². The molecule has 8 nitrogen and oxygen atoms in total. The van der Waals surface area contributed by atoms with Gasteiger partial charge in [0.2, 0.25) is 5.91 Å². The first-order valence-electron chi connectivity index (χ1n) is 25.2. The van der Waals surface area contributed by atoms with Gasteiger partial charge in [-0.15, -0.1) is 0 Å². The highest BCUT2D eigenvalue weighted by Crippen LogP contribution is 2.43. The number of carbonyl (C=O) groups is 1. The smallest absolute Gasteiger partial charge is 0.391 e. The molecule has 0 aromatic rings. The number of aliphatic hydroxyl groups is 1. The highest BCUT2D eigenvalue weighted by Gasteiger charge is 2.28. The number of allylic oxidation sites excluding steroid dienone is 4. The quantitative estimate of drug-likeness (QED) is 0.0244. The number of unbranched alkanes of at least 4 members (excludes halogenated alkanes) is 29. The molecule has 1 amide bonds. The van der Waals surface area contributed by atoms with Crippen LogP contribution in [0.1, 0.15) is 239 Å². The average molecular weight is 856 g/mol. The van der Waals surface area contributed by atoms with Gasteiger partial charge in [0.1, 0.15) is 13.2 Å². The summed E-state index contributed by atoms with van der Waals surface area (Å²) in [4.78, 5) is 23.2. The summed E-state index contributed by atoms with van der Waals surface area (Å²) in [5.74, 6) is -0.145. The lowest BCUT2D eigenvalue weighted by Gasteiger charge is -2.26. The maximum atomic E-state index is 12.9. The summed E-state index contributed by atoms with van der Waals surface area (Å²) < 4.78 is 23.7. The van der Waals surface area contributed by atoms with Gasteiger partial charge in [0.25, 0.3) is 0 Å². The van der Waals surface area contributed by atoms with Crippen LogP contribution in [0.5, 0.6) is 0 Å². The van der Waals surface area contributed by atoms with Crippen LogP contribution < -0.4 is 5.32 Å². The predicted molar refractivity (Wildman–Crippen MR) is 254 cm³/mol. The van der Waals surface area contributed by atoms with E-state index in [1.807, 2.05) is 21.1 Å². The molecule has 350 valence electrons. The maximum absolute atomic E-state index is 12.9. The van der Waals surface area contributed by atoms with Crippen LogP contribution in [0.4, 0.5) is 0 Å². The van der Waals surface area contributed by atoms with Gasteiger partial charge in [-0.1, -0.05) is 212 Å². The van der Waals surface area contributed by atoms with E-state index in [4.69, 9.17) is 9.05 Å². The normalized spacial score (nSPS) is 14.4. The zero-order chi connectivity index (χ0) is 43.6. The van der Waals surface area contributed by atoms with Crippen LogP contribution in [0.15, 0.2) is 24.3 Å². The first-order chi connectivity index (χ1) is 28.5. The van der Waals surface area contributed by atoms with E-state index in [-0.39, 0.29) is 19.1 Å². The second kappa shape index (κ2) is 42.3. The minimum absolute atomic E-state index is 0.0753. The van der Waals surface area contributed by atoms with Gasteiger partial charge in [-0.2, -0.15) is 0 Å². The van der Waals surface area contributed by atoms with Crippen molar-refractivity contribution in [2.45, 2.75) is 251 Å². The zero-order valence-electron chi connectivity index (χ0n) is 39.8. The molecule has 0 heterocycles. The fourth-order valence-corrected chi connectivity index (χ4v) is 8.17. The van der Waals surface area contributed by atoms with E-state index in [2.05, 4.69) is 43.5 Å². The zero-order valence-corrected chi connectivity index (χ0v) is 40.7. The van der Waals surface area contributed by atoms with Crippen molar-refractivity contribution >= 4 is 13.7 Å². The first kappa shape index (κ1) is 58.0. The summed E-state index contributed by atoms with van der Waals surface area (Å²) in [6.07, 6.45) is 50.6. The van der Waals surface area contributed by atoms with E-state index in [9.17, 15) is 19.4 Å². The summed E-state index contributed by atoms with van der Waals surface area (Å²) >= 11 is 0. The van der Waals surface area contributed by atoms with E-state index >= 15 is 0 Å². The molecule has 0 saturated heterocycles. The van der Waals surface area contributed by atoms with Crippen molar-refractivity contribution in [1.29, 1.82) is 0 Å². The van der Waals surface area contributed by atoms with Crippen molar-refractivity contribution in [3.63, 3.8) is 0 Å². The molecule has 0 bridgehead atoms. The summed E-state index contributed by atoms with van der Waals surface area (Å²) in [6.45, 7) is 4.89. The van der Waals surface area contributed by atoms with Gasteiger partial charge < -0.3 is 19.8 Å². The molecule has 0 rings (SSSR count). The second-order valence-corrected chi connectivity index (χ2v) is 20.0. The number of hydrogen-bond acceptors (Lipinski definition) is 5. The Morgan fingerprint density at radius 1 is 0.576 bits per heavy atom. The van der Waals surface area contributed by atoms with Crippen LogP contribution in [0.2, 0.25) is 0 Å².